The van der Waals surface area contributed by atoms with E-state index in [2.05, 4.69) is 34.4 Å². The molecule has 5 nitrogen and oxygen atoms in total. The van der Waals surface area contributed by atoms with Crippen molar-refractivity contribution < 1.29 is 4.79 Å². The van der Waals surface area contributed by atoms with E-state index in [9.17, 15) is 4.79 Å². The molecule has 0 spiro atoms. The van der Waals surface area contributed by atoms with Crippen molar-refractivity contribution in [1.82, 2.24) is 9.88 Å². The summed E-state index contributed by atoms with van der Waals surface area (Å²) in [4.78, 5) is 19.4. The topological polar surface area (TPSA) is 57.3 Å². The van der Waals surface area contributed by atoms with E-state index in [1.54, 1.807) is 24.3 Å². The predicted octanol–water partition coefficient (Wildman–Crippen LogP) is 5.17. The van der Waals surface area contributed by atoms with Crippen molar-refractivity contribution in [2.45, 2.75) is 32.7 Å². The first-order valence-corrected chi connectivity index (χ1v) is 10.4. The van der Waals surface area contributed by atoms with Gasteiger partial charge < -0.3 is 15.5 Å². The van der Waals surface area contributed by atoms with Gasteiger partial charge >= 0.3 is 0 Å². The van der Waals surface area contributed by atoms with Crippen LogP contribution in [0.4, 0.5) is 11.5 Å². The summed E-state index contributed by atoms with van der Waals surface area (Å²) in [5.41, 5.74) is 1.28. The van der Waals surface area contributed by atoms with E-state index in [1.165, 1.54) is 6.20 Å². The number of halogens is 2. The van der Waals surface area contributed by atoms with E-state index >= 15 is 0 Å². The minimum atomic E-state index is -0.255. The van der Waals surface area contributed by atoms with E-state index in [0.717, 1.165) is 38.2 Å². The van der Waals surface area contributed by atoms with Gasteiger partial charge in [-0.1, -0.05) is 23.2 Å². The van der Waals surface area contributed by atoms with E-state index < -0.39 is 0 Å². The largest absolute Gasteiger partial charge is 0.384 e. The summed E-state index contributed by atoms with van der Waals surface area (Å²) >= 11 is 12.0. The number of hydrogen-bond acceptors (Lipinski definition) is 4. The number of hydrogen-bond donors (Lipinski definition) is 2. The van der Waals surface area contributed by atoms with Gasteiger partial charge in [-0.05, 0) is 76.0 Å². The molecule has 1 aromatic heterocycles. The Labute approximate surface area is 176 Å². The first kappa shape index (κ1) is 20.9. The minimum Gasteiger partial charge on any atom is -0.384 e. The number of nitrogens with one attached hydrogen (secondary N) is 2. The van der Waals surface area contributed by atoms with Gasteiger partial charge in [0.15, 0.2) is 0 Å². The Morgan fingerprint density at radius 2 is 1.89 bits per heavy atom. The van der Waals surface area contributed by atoms with E-state index in [1.807, 2.05) is 6.07 Å². The molecule has 3 rings (SSSR count). The number of anilines is 2. The Bertz CT molecular complexity index is 803. The zero-order valence-corrected chi connectivity index (χ0v) is 17.7. The molecule has 2 aromatic rings. The summed E-state index contributed by atoms with van der Waals surface area (Å²) in [6, 6.07) is 9.28. The maximum atomic E-state index is 12.8. The van der Waals surface area contributed by atoms with Crippen molar-refractivity contribution in [2.24, 2.45) is 5.92 Å². The maximum absolute atomic E-state index is 12.8. The molecule has 0 bridgehead atoms. The number of rotatable bonds is 6. The summed E-state index contributed by atoms with van der Waals surface area (Å²) in [6.45, 7) is 7.58. The van der Waals surface area contributed by atoms with Crippen molar-refractivity contribution in [3.8, 4) is 0 Å². The van der Waals surface area contributed by atoms with Crippen LogP contribution in [0, 0.1) is 5.92 Å². The molecule has 0 saturated carbocycles. The summed E-state index contributed by atoms with van der Waals surface area (Å²) < 4.78 is 0. The monoisotopic (exact) mass is 420 g/mol. The highest BCUT2D eigenvalue weighted by Gasteiger charge is 2.21. The number of piperidine rings is 1. The molecule has 1 saturated heterocycles. The van der Waals surface area contributed by atoms with Crippen molar-refractivity contribution in [3.63, 3.8) is 0 Å². The Kier molecular flexibility index (Phi) is 7.16. The number of aromatic nitrogens is 1. The first-order valence-electron chi connectivity index (χ1n) is 9.62. The number of carbonyl (C=O) groups is 1. The van der Waals surface area contributed by atoms with Gasteiger partial charge in [0.05, 0.1) is 10.6 Å². The Morgan fingerprint density at radius 3 is 2.54 bits per heavy atom. The third-order valence-electron chi connectivity index (χ3n) is 5.16. The van der Waals surface area contributed by atoms with Gasteiger partial charge in [0, 0.05) is 29.5 Å². The Balaban J connectivity index is 1.64. The standard InChI is InChI=1S/C21H26Cl2N4O/c1-14(2)27-9-7-15(8-10-27)12-24-19-5-3-16(22)11-18(19)21(28)26-20-6-4-17(23)13-25-20/h3-6,11,13-15,24H,7-10,12H2,1-2H3,(H,25,26,28). The summed E-state index contributed by atoms with van der Waals surface area (Å²) in [5, 5.41) is 7.28. The molecule has 2 N–H and O–H groups in total. The molecule has 0 aliphatic carbocycles. The van der Waals surface area contributed by atoms with Crippen molar-refractivity contribution in [2.75, 3.05) is 30.3 Å². The van der Waals surface area contributed by atoms with E-state index in [-0.39, 0.29) is 5.91 Å². The normalized spacial score (nSPS) is 15.6. The van der Waals surface area contributed by atoms with E-state index in [0.29, 0.717) is 33.4 Å². The molecule has 0 unspecified atom stereocenters. The number of pyridine rings is 1. The summed E-state index contributed by atoms with van der Waals surface area (Å²) in [7, 11) is 0. The van der Waals surface area contributed by atoms with E-state index in [4.69, 9.17) is 23.2 Å². The van der Waals surface area contributed by atoms with Crippen LogP contribution < -0.4 is 10.6 Å². The highest BCUT2D eigenvalue weighted by molar-refractivity contribution is 6.31. The smallest absolute Gasteiger partial charge is 0.258 e. The van der Waals surface area contributed by atoms with Gasteiger partial charge in [0.1, 0.15) is 5.82 Å². The molecule has 1 aliphatic heterocycles. The molecular formula is C21H26Cl2N4O. The second-order valence-corrected chi connectivity index (χ2v) is 8.33. The van der Waals surface area contributed by atoms with Crippen LogP contribution in [-0.2, 0) is 0 Å². The number of benzene rings is 1. The predicted molar refractivity (Wildman–Crippen MR) is 117 cm³/mol. The number of carbonyl (C=O) groups excluding carboxylic acids is 1. The van der Waals surface area contributed by atoms with Gasteiger partial charge in [-0.25, -0.2) is 4.98 Å². The lowest BCUT2D eigenvalue weighted by Gasteiger charge is -2.34. The average Bonchev–Trinajstić information content (AvgIpc) is 2.69. The minimum absolute atomic E-state index is 0.255. The van der Waals surface area contributed by atoms with Crippen LogP contribution in [0.15, 0.2) is 36.5 Å². The second kappa shape index (κ2) is 9.59. The third-order valence-corrected chi connectivity index (χ3v) is 5.61. The number of likely N-dealkylation sites (tertiary alicyclic amines) is 1. The molecule has 1 fully saturated rings. The second-order valence-electron chi connectivity index (χ2n) is 7.46. The molecule has 0 atom stereocenters. The van der Waals surface area contributed by atoms with Gasteiger partial charge in [-0.15, -0.1) is 0 Å². The highest BCUT2D eigenvalue weighted by atomic mass is 35.5. The molecule has 150 valence electrons. The third kappa shape index (κ3) is 5.60. The Morgan fingerprint density at radius 1 is 1.18 bits per heavy atom. The van der Waals surface area contributed by atoms with Gasteiger partial charge in [0.25, 0.3) is 5.91 Å². The first-order chi connectivity index (χ1) is 13.4. The lowest BCUT2D eigenvalue weighted by atomic mass is 9.95. The quantitative estimate of drug-likeness (QED) is 0.676. The van der Waals surface area contributed by atoms with Crippen LogP contribution in [0.3, 0.4) is 0 Å². The van der Waals surface area contributed by atoms with Crippen LogP contribution in [-0.4, -0.2) is 41.5 Å². The number of amides is 1. The SMILES string of the molecule is CC(C)N1CCC(CNc2ccc(Cl)cc2C(=O)Nc2ccc(Cl)cn2)CC1. The van der Waals surface area contributed by atoms with Crippen molar-refractivity contribution in [1.29, 1.82) is 0 Å². The summed E-state index contributed by atoms with van der Waals surface area (Å²) in [5.74, 6) is 0.787. The zero-order chi connectivity index (χ0) is 20.1. The number of nitrogens with zero attached hydrogens (tertiary/aromatic N) is 2. The van der Waals surface area contributed by atoms with Crippen molar-refractivity contribution >= 4 is 40.6 Å². The molecule has 0 radical (unpaired) electrons. The van der Waals surface area contributed by atoms with Crippen LogP contribution in [0.5, 0.6) is 0 Å². The molecule has 7 heteroatoms. The molecule has 1 amide bonds. The fraction of sp³-hybridized carbons (Fsp3) is 0.429. The molecule has 28 heavy (non-hydrogen) atoms. The zero-order valence-electron chi connectivity index (χ0n) is 16.2. The van der Waals surface area contributed by atoms with Crippen LogP contribution in [0.25, 0.3) is 0 Å². The van der Waals surface area contributed by atoms with Gasteiger partial charge in [-0.3, -0.25) is 4.79 Å². The maximum Gasteiger partial charge on any atom is 0.258 e. The Hall–Kier alpha value is -1.82. The van der Waals surface area contributed by atoms with Crippen LogP contribution in [0.2, 0.25) is 10.0 Å². The van der Waals surface area contributed by atoms with Gasteiger partial charge in [0.2, 0.25) is 0 Å². The molecular weight excluding hydrogens is 395 g/mol. The van der Waals surface area contributed by atoms with Gasteiger partial charge in [-0.2, -0.15) is 0 Å². The fourth-order valence-corrected chi connectivity index (χ4v) is 3.70. The summed E-state index contributed by atoms with van der Waals surface area (Å²) in [6.07, 6.45) is 3.82. The van der Waals surface area contributed by atoms with Crippen molar-refractivity contribution in [3.05, 3.63) is 52.1 Å². The van der Waals surface area contributed by atoms with Crippen LogP contribution >= 0.6 is 23.2 Å². The molecule has 1 aliphatic rings. The molecule has 2 heterocycles. The molecule has 1 aromatic carbocycles. The lowest BCUT2D eigenvalue weighted by Crippen LogP contribution is -2.39. The fourth-order valence-electron chi connectivity index (χ4n) is 3.42. The van der Waals surface area contributed by atoms with Crippen LogP contribution in [0.1, 0.15) is 37.0 Å². The average molecular weight is 421 g/mol. The highest BCUT2D eigenvalue weighted by Crippen LogP contribution is 2.24. The lowest BCUT2D eigenvalue weighted by molar-refractivity contribution is 0.102.